The van der Waals surface area contributed by atoms with Crippen LogP contribution in [-0.2, 0) is 13.4 Å². The predicted octanol–water partition coefficient (Wildman–Crippen LogP) is -0.988. The Labute approximate surface area is 118 Å². The van der Waals surface area contributed by atoms with Crippen LogP contribution in [0.4, 0.5) is 11.9 Å². The minimum absolute atomic E-state index is 0.00815. The predicted molar refractivity (Wildman–Crippen MR) is 69.6 cm³/mol. The highest BCUT2D eigenvalue weighted by Gasteiger charge is 2.27. The van der Waals surface area contributed by atoms with Gasteiger partial charge in [-0.05, 0) is 13.8 Å². The average molecular weight is 347 g/mol. The number of anilines is 2. The van der Waals surface area contributed by atoms with Gasteiger partial charge in [0.2, 0.25) is 11.9 Å². The van der Waals surface area contributed by atoms with Crippen molar-refractivity contribution in [2.45, 2.75) is 20.0 Å². The van der Waals surface area contributed by atoms with Gasteiger partial charge in [-0.3, -0.25) is 0 Å². The Balaban J connectivity index is 0.000000400. The van der Waals surface area contributed by atoms with Gasteiger partial charge in [0, 0.05) is 0 Å². The third kappa shape index (κ3) is 12.1. The summed E-state index contributed by atoms with van der Waals surface area (Å²) in [4.78, 5) is 42.0. The lowest BCUT2D eigenvalue weighted by atomic mass is 10.5. The number of hydrogen-bond donors (Lipinski definition) is 6. The van der Waals surface area contributed by atoms with Crippen LogP contribution in [0.15, 0.2) is 0 Å². The average Bonchev–Trinajstić information content (AvgIpc) is 2.07. The first-order valence-corrected chi connectivity index (χ1v) is 8.10. The molecule has 0 saturated carbocycles. The van der Waals surface area contributed by atoms with Gasteiger partial charge in [0.05, 0.1) is 6.10 Å². The maximum absolute atomic E-state index is 9.63. The summed E-state index contributed by atoms with van der Waals surface area (Å²) in [5, 5.41) is 0. The zero-order chi connectivity index (χ0) is 16.8. The van der Waals surface area contributed by atoms with Crippen LogP contribution in [0, 0.1) is 0 Å². The third-order valence-corrected chi connectivity index (χ3v) is 2.91. The Bertz CT molecular complexity index is 516. The molecule has 0 aromatic carbocycles. The molecular weight excluding hydrogens is 332 g/mol. The van der Waals surface area contributed by atoms with Crippen LogP contribution in [-0.4, -0.2) is 40.6 Å². The lowest BCUT2D eigenvalue weighted by Gasteiger charge is -2.07. The fourth-order valence-electron chi connectivity index (χ4n) is 0.790. The number of nitrogens with two attached hydrogens (primary N) is 2. The van der Waals surface area contributed by atoms with Gasteiger partial charge in [-0.15, -0.1) is 0 Å². The first-order chi connectivity index (χ1) is 9.28. The second-order valence-corrected chi connectivity index (χ2v) is 6.18. The number of phosphoric acid groups is 2. The van der Waals surface area contributed by atoms with E-state index in [2.05, 4.69) is 19.3 Å². The van der Waals surface area contributed by atoms with Gasteiger partial charge in [0.15, 0.2) is 0 Å². The molecule has 0 fully saturated rings. The van der Waals surface area contributed by atoms with Gasteiger partial charge in [-0.1, -0.05) is 0 Å². The van der Waals surface area contributed by atoms with Crippen molar-refractivity contribution in [3.05, 3.63) is 0 Å². The van der Waals surface area contributed by atoms with E-state index in [0.717, 1.165) is 0 Å². The Morgan fingerprint density at radius 2 is 1.33 bits per heavy atom. The second-order valence-electron chi connectivity index (χ2n) is 3.56. The molecule has 0 atom stereocenters. The molecule has 0 amide bonds. The molecule has 21 heavy (non-hydrogen) atoms. The maximum atomic E-state index is 9.63. The van der Waals surface area contributed by atoms with Crippen LogP contribution in [0.2, 0.25) is 0 Å². The van der Waals surface area contributed by atoms with Crippen molar-refractivity contribution >= 4 is 27.5 Å². The van der Waals surface area contributed by atoms with Gasteiger partial charge in [0.1, 0.15) is 0 Å². The number of aromatic nitrogens is 3. The molecule has 0 unspecified atom stereocenters. The number of ether oxygens (including phenoxy) is 1. The molecule has 1 aromatic heterocycles. The van der Waals surface area contributed by atoms with Gasteiger partial charge in [0.25, 0.3) is 0 Å². The molecule has 0 radical (unpaired) electrons. The monoisotopic (exact) mass is 347 g/mol. The number of hydrogen-bond acceptors (Lipinski definition) is 9. The Morgan fingerprint density at radius 3 is 1.57 bits per heavy atom. The van der Waals surface area contributed by atoms with Crippen molar-refractivity contribution in [1.82, 2.24) is 15.0 Å². The lowest BCUT2D eigenvalue weighted by Crippen LogP contribution is -2.11. The Morgan fingerprint density at radius 1 is 0.952 bits per heavy atom. The summed E-state index contributed by atoms with van der Waals surface area (Å²) in [7, 11) is -10.1. The van der Waals surface area contributed by atoms with Crippen LogP contribution in [0.1, 0.15) is 13.8 Å². The summed E-state index contributed by atoms with van der Waals surface area (Å²) in [5.74, 6) is 0.135. The van der Waals surface area contributed by atoms with E-state index in [9.17, 15) is 9.13 Å². The summed E-state index contributed by atoms with van der Waals surface area (Å²) in [6.45, 7) is 3.71. The molecule has 0 saturated heterocycles. The Kier molecular flexibility index (Phi) is 7.13. The van der Waals surface area contributed by atoms with Crippen LogP contribution >= 0.6 is 15.6 Å². The van der Waals surface area contributed by atoms with Crippen LogP contribution in [0.25, 0.3) is 0 Å². The fourth-order valence-corrected chi connectivity index (χ4v) is 1.90. The van der Waals surface area contributed by atoms with Gasteiger partial charge in [-0.25, -0.2) is 9.13 Å². The van der Waals surface area contributed by atoms with E-state index < -0.39 is 15.6 Å². The van der Waals surface area contributed by atoms with Crippen LogP contribution < -0.4 is 16.2 Å². The molecule has 15 heteroatoms. The van der Waals surface area contributed by atoms with E-state index in [-0.39, 0.29) is 24.0 Å². The highest BCUT2D eigenvalue weighted by Crippen LogP contribution is 2.53. The highest BCUT2D eigenvalue weighted by atomic mass is 31.3. The van der Waals surface area contributed by atoms with Crippen molar-refractivity contribution in [3.8, 4) is 6.01 Å². The van der Waals surface area contributed by atoms with Gasteiger partial charge in [-0.2, -0.15) is 19.3 Å². The molecule has 8 N–H and O–H groups in total. The molecule has 0 aliphatic carbocycles. The van der Waals surface area contributed by atoms with Crippen molar-refractivity contribution in [2.24, 2.45) is 0 Å². The molecule has 1 aromatic rings. The SMILES string of the molecule is CC(C)Oc1nc(N)nc(N)n1.O=P(O)(O)OP(=O)(O)O. The summed E-state index contributed by atoms with van der Waals surface area (Å²) < 4.78 is 27.4. The normalized spacial score (nSPS) is 11.8. The first-order valence-electron chi connectivity index (χ1n) is 5.04. The minimum Gasteiger partial charge on any atom is -0.461 e. The summed E-state index contributed by atoms with van der Waals surface area (Å²) in [6.07, 6.45) is -0.00815. The highest BCUT2D eigenvalue weighted by molar-refractivity contribution is 7.60. The smallest absolute Gasteiger partial charge is 0.461 e. The molecule has 122 valence electrons. The zero-order valence-electron chi connectivity index (χ0n) is 10.9. The van der Waals surface area contributed by atoms with E-state index in [0.29, 0.717) is 0 Å². The van der Waals surface area contributed by atoms with E-state index >= 15 is 0 Å². The number of nitrogens with zero attached hydrogens (tertiary/aromatic N) is 3. The van der Waals surface area contributed by atoms with E-state index in [4.69, 9.17) is 35.8 Å². The van der Waals surface area contributed by atoms with E-state index in [1.165, 1.54) is 0 Å². The molecule has 0 bridgehead atoms. The minimum atomic E-state index is -5.05. The van der Waals surface area contributed by atoms with Crippen LogP contribution in [0.5, 0.6) is 6.01 Å². The molecule has 13 nitrogen and oxygen atoms in total. The van der Waals surface area contributed by atoms with Crippen molar-refractivity contribution in [3.63, 3.8) is 0 Å². The molecular formula is C6H15N5O8P2. The largest absolute Gasteiger partial charge is 0.478 e. The van der Waals surface area contributed by atoms with Crippen molar-refractivity contribution in [2.75, 3.05) is 11.5 Å². The quantitative estimate of drug-likeness (QED) is 0.360. The fraction of sp³-hybridized carbons (Fsp3) is 0.500. The molecule has 0 aliphatic rings. The summed E-state index contributed by atoms with van der Waals surface area (Å²) in [5.41, 5.74) is 10.6. The van der Waals surface area contributed by atoms with E-state index in [1.807, 2.05) is 13.8 Å². The lowest BCUT2D eigenvalue weighted by molar-refractivity contribution is 0.222. The maximum Gasteiger partial charge on any atom is 0.478 e. The standard InChI is InChI=1S/C6H11N5O.H4O7P2/c1-3(2)12-6-10-4(7)9-5(8)11-6;1-8(2,3)7-9(4,5)6/h3H,1-2H3,(H4,7,8,9,10,11);(H2,1,2,3)(H2,4,5,6). The molecule has 1 rings (SSSR count). The summed E-state index contributed by atoms with van der Waals surface area (Å²) in [6, 6.07) is 0.162. The van der Waals surface area contributed by atoms with Gasteiger partial charge < -0.3 is 35.8 Å². The first kappa shape index (κ1) is 19.7. The van der Waals surface area contributed by atoms with Crippen LogP contribution in [0.3, 0.4) is 0 Å². The Hall–Kier alpha value is -1.33. The second kappa shape index (κ2) is 7.61. The molecule has 0 spiro atoms. The number of nitrogen functional groups attached to an aromatic ring is 2. The summed E-state index contributed by atoms with van der Waals surface area (Å²) >= 11 is 0. The van der Waals surface area contributed by atoms with E-state index in [1.54, 1.807) is 0 Å². The third-order valence-electron chi connectivity index (χ3n) is 1.20. The van der Waals surface area contributed by atoms with Gasteiger partial charge >= 0.3 is 21.7 Å². The molecule has 0 aliphatic heterocycles. The topological polar surface area (TPSA) is 224 Å². The number of rotatable bonds is 4. The molecule has 1 heterocycles. The van der Waals surface area contributed by atoms with Crippen molar-refractivity contribution < 1.29 is 37.8 Å². The zero-order valence-corrected chi connectivity index (χ0v) is 12.7. The van der Waals surface area contributed by atoms with Crippen molar-refractivity contribution in [1.29, 1.82) is 0 Å².